The Balaban J connectivity index is 2.36. The molecule has 2 aromatic rings. The normalized spacial score (nSPS) is 10.4. The van der Waals surface area contributed by atoms with Crippen molar-refractivity contribution in [3.63, 3.8) is 0 Å². The van der Waals surface area contributed by atoms with Gasteiger partial charge in [-0.05, 0) is 38.1 Å². The molecule has 0 spiro atoms. The molecular weight excluding hydrogens is 318 g/mol. The Labute approximate surface area is 139 Å². The fourth-order valence-electron chi connectivity index (χ4n) is 2.32. The Hall–Kier alpha value is -2.27. The monoisotopic (exact) mass is 335 g/mol. The molecule has 23 heavy (non-hydrogen) atoms. The van der Waals surface area contributed by atoms with Crippen LogP contribution in [0.4, 0.5) is 0 Å². The van der Waals surface area contributed by atoms with Crippen molar-refractivity contribution in [1.29, 1.82) is 0 Å². The highest BCUT2D eigenvalue weighted by Crippen LogP contribution is 2.29. The number of methoxy groups -OCH3 is 1. The minimum absolute atomic E-state index is 0.0595. The summed E-state index contributed by atoms with van der Waals surface area (Å²) in [5.74, 6) is -0.147. The standard InChI is InChI=1S/C17H18ClNO4/c1-4-23-14(20)9-13-10(2)17(22-3)15(19-13)16(21)11-5-7-12(18)8-6-11/h5-8,19H,4,9H2,1-3H3. The molecule has 0 amide bonds. The second-order valence-corrected chi connectivity index (χ2v) is 5.39. The van der Waals surface area contributed by atoms with Gasteiger partial charge < -0.3 is 14.5 Å². The molecule has 1 N–H and O–H groups in total. The SMILES string of the molecule is CCOC(=O)Cc1[nH]c(C(=O)c2ccc(Cl)cc2)c(OC)c1C. The van der Waals surface area contributed by atoms with Crippen LogP contribution in [-0.2, 0) is 16.0 Å². The maximum atomic E-state index is 12.6. The van der Waals surface area contributed by atoms with Crippen molar-refractivity contribution >= 4 is 23.4 Å². The molecule has 0 fully saturated rings. The van der Waals surface area contributed by atoms with Crippen LogP contribution in [-0.4, -0.2) is 30.5 Å². The molecule has 0 saturated heterocycles. The van der Waals surface area contributed by atoms with Crippen LogP contribution in [0.15, 0.2) is 24.3 Å². The molecule has 0 unspecified atom stereocenters. The number of carbonyl (C=O) groups is 2. The first-order valence-corrected chi connectivity index (χ1v) is 7.57. The predicted molar refractivity (Wildman–Crippen MR) is 87.3 cm³/mol. The van der Waals surface area contributed by atoms with E-state index in [1.165, 1.54) is 7.11 Å². The van der Waals surface area contributed by atoms with Crippen molar-refractivity contribution in [1.82, 2.24) is 4.98 Å². The largest absolute Gasteiger partial charge is 0.494 e. The zero-order chi connectivity index (χ0) is 17.0. The number of halogens is 1. The fourth-order valence-corrected chi connectivity index (χ4v) is 2.45. The summed E-state index contributed by atoms with van der Waals surface area (Å²) in [6, 6.07) is 6.59. The minimum Gasteiger partial charge on any atom is -0.494 e. The number of ether oxygens (including phenoxy) is 2. The summed E-state index contributed by atoms with van der Waals surface area (Å²) in [6.45, 7) is 3.85. The van der Waals surface area contributed by atoms with E-state index in [4.69, 9.17) is 21.1 Å². The van der Waals surface area contributed by atoms with Gasteiger partial charge in [-0.3, -0.25) is 9.59 Å². The van der Waals surface area contributed by atoms with Gasteiger partial charge in [-0.2, -0.15) is 0 Å². The molecule has 2 rings (SSSR count). The maximum absolute atomic E-state index is 12.6. The molecule has 0 radical (unpaired) electrons. The summed E-state index contributed by atoms with van der Waals surface area (Å²) >= 11 is 5.84. The smallest absolute Gasteiger partial charge is 0.311 e. The Morgan fingerprint density at radius 1 is 1.22 bits per heavy atom. The lowest BCUT2D eigenvalue weighted by Gasteiger charge is -2.03. The predicted octanol–water partition coefficient (Wildman–Crippen LogP) is 3.32. The van der Waals surface area contributed by atoms with Gasteiger partial charge in [-0.1, -0.05) is 11.6 Å². The number of aromatic amines is 1. The summed E-state index contributed by atoms with van der Waals surface area (Å²) in [5, 5.41) is 0.555. The third kappa shape index (κ3) is 3.74. The zero-order valence-corrected chi connectivity index (χ0v) is 14.0. The number of nitrogens with one attached hydrogen (secondary N) is 1. The van der Waals surface area contributed by atoms with E-state index in [9.17, 15) is 9.59 Å². The van der Waals surface area contributed by atoms with E-state index in [1.54, 1.807) is 38.1 Å². The highest BCUT2D eigenvalue weighted by molar-refractivity contribution is 6.30. The quantitative estimate of drug-likeness (QED) is 0.649. The summed E-state index contributed by atoms with van der Waals surface area (Å²) in [6.07, 6.45) is 0.0595. The number of benzene rings is 1. The molecule has 1 aromatic carbocycles. The molecule has 0 atom stereocenters. The van der Waals surface area contributed by atoms with Gasteiger partial charge in [0.15, 0.2) is 5.75 Å². The van der Waals surface area contributed by atoms with E-state index in [0.29, 0.717) is 34.3 Å². The number of esters is 1. The number of rotatable bonds is 6. The minimum atomic E-state index is -0.356. The summed E-state index contributed by atoms with van der Waals surface area (Å²) < 4.78 is 10.3. The van der Waals surface area contributed by atoms with Crippen LogP contribution in [0, 0.1) is 6.92 Å². The Morgan fingerprint density at radius 2 is 1.87 bits per heavy atom. The van der Waals surface area contributed by atoms with Gasteiger partial charge in [-0.25, -0.2) is 0 Å². The number of hydrogen-bond acceptors (Lipinski definition) is 4. The number of carbonyl (C=O) groups excluding carboxylic acids is 2. The van der Waals surface area contributed by atoms with Crippen LogP contribution in [0.3, 0.4) is 0 Å². The molecule has 0 saturated carbocycles. The van der Waals surface area contributed by atoms with Gasteiger partial charge in [0, 0.05) is 21.8 Å². The number of hydrogen-bond donors (Lipinski definition) is 1. The molecule has 0 aliphatic rings. The third-order valence-electron chi connectivity index (χ3n) is 3.46. The van der Waals surface area contributed by atoms with E-state index < -0.39 is 0 Å². The lowest BCUT2D eigenvalue weighted by molar-refractivity contribution is -0.142. The fraction of sp³-hybridized carbons (Fsp3) is 0.294. The first kappa shape index (κ1) is 17.1. The summed E-state index contributed by atoms with van der Waals surface area (Å²) in [4.78, 5) is 27.3. The first-order valence-electron chi connectivity index (χ1n) is 7.19. The van der Waals surface area contributed by atoms with Crippen LogP contribution in [0.2, 0.25) is 5.02 Å². The van der Waals surface area contributed by atoms with Crippen LogP contribution in [0.25, 0.3) is 0 Å². The number of aromatic nitrogens is 1. The van der Waals surface area contributed by atoms with E-state index >= 15 is 0 Å². The van der Waals surface area contributed by atoms with Crippen molar-refractivity contribution in [3.05, 3.63) is 51.8 Å². The lowest BCUT2D eigenvalue weighted by atomic mass is 10.1. The van der Waals surface area contributed by atoms with Gasteiger partial charge in [-0.15, -0.1) is 0 Å². The van der Waals surface area contributed by atoms with Gasteiger partial charge >= 0.3 is 5.97 Å². The van der Waals surface area contributed by atoms with Crippen LogP contribution in [0.5, 0.6) is 5.75 Å². The van der Waals surface area contributed by atoms with Crippen molar-refractivity contribution in [2.45, 2.75) is 20.3 Å². The third-order valence-corrected chi connectivity index (χ3v) is 3.71. The van der Waals surface area contributed by atoms with Crippen LogP contribution in [0.1, 0.15) is 34.2 Å². The Bertz CT molecular complexity index is 719. The highest BCUT2D eigenvalue weighted by atomic mass is 35.5. The molecule has 122 valence electrons. The van der Waals surface area contributed by atoms with E-state index in [-0.39, 0.29) is 18.2 Å². The number of H-pyrrole nitrogens is 1. The van der Waals surface area contributed by atoms with Gasteiger partial charge in [0.2, 0.25) is 5.78 Å². The maximum Gasteiger partial charge on any atom is 0.311 e. The highest BCUT2D eigenvalue weighted by Gasteiger charge is 2.23. The second kappa shape index (κ2) is 7.33. The molecule has 6 heteroatoms. The zero-order valence-electron chi connectivity index (χ0n) is 13.2. The molecule has 5 nitrogen and oxygen atoms in total. The van der Waals surface area contributed by atoms with E-state index in [1.807, 2.05) is 0 Å². The van der Waals surface area contributed by atoms with Gasteiger partial charge in [0.25, 0.3) is 0 Å². The van der Waals surface area contributed by atoms with Crippen LogP contribution >= 0.6 is 11.6 Å². The second-order valence-electron chi connectivity index (χ2n) is 4.95. The van der Waals surface area contributed by atoms with Crippen molar-refractivity contribution < 1.29 is 19.1 Å². The molecule has 0 bridgehead atoms. The lowest BCUT2D eigenvalue weighted by Crippen LogP contribution is -2.09. The molecule has 0 aliphatic heterocycles. The molecule has 1 heterocycles. The molecular formula is C17H18ClNO4. The van der Waals surface area contributed by atoms with Crippen molar-refractivity contribution in [3.8, 4) is 5.75 Å². The first-order chi connectivity index (χ1) is 11.0. The molecule has 1 aromatic heterocycles. The van der Waals surface area contributed by atoms with E-state index in [2.05, 4.69) is 4.98 Å². The average Bonchev–Trinajstić information content (AvgIpc) is 2.83. The topological polar surface area (TPSA) is 68.4 Å². The number of ketones is 1. The van der Waals surface area contributed by atoms with Crippen LogP contribution < -0.4 is 4.74 Å². The Kier molecular flexibility index (Phi) is 5.45. The van der Waals surface area contributed by atoms with Crippen molar-refractivity contribution in [2.75, 3.05) is 13.7 Å². The van der Waals surface area contributed by atoms with E-state index in [0.717, 1.165) is 5.56 Å². The van der Waals surface area contributed by atoms with Gasteiger partial charge in [0.05, 0.1) is 20.1 Å². The Morgan fingerprint density at radius 3 is 2.43 bits per heavy atom. The van der Waals surface area contributed by atoms with Crippen molar-refractivity contribution in [2.24, 2.45) is 0 Å². The summed E-state index contributed by atoms with van der Waals surface area (Å²) in [5.41, 5.74) is 2.12. The summed E-state index contributed by atoms with van der Waals surface area (Å²) in [7, 11) is 1.49. The molecule has 0 aliphatic carbocycles. The average molecular weight is 336 g/mol. The van der Waals surface area contributed by atoms with Gasteiger partial charge in [0.1, 0.15) is 5.69 Å².